The van der Waals surface area contributed by atoms with Gasteiger partial charge in [0.05, 0.1) is 5.39 Å². The number of rotatable bonds is 5. The van der Waals surface area contributed by atoms with Gasteiger partial charge in [0.15, 0.2) is 0 Å². The lowest BCUT2D eigenvalue weighted by atomic mass is 10.0. The van der Waals surface area contributed by atoms with Gasteiger partial charge in [-0.1, -0.05) is 13.8 Å². The Morgan fingerprint density at radius 3 is 2.77 bits per heavy atom. The quantitative estimate of drug-likeness (QED) is 0.850. The van der Waals surface area contributed by atoms with Gasteiger partial charge in [0.1, 0.15) is 29.1 Å². The first-order valence-electron chi connectivity index (χ1n) is 8.51. The van der Waals surface area contributed by atoms with Crippen molar-refractivity contribution in [3.63, 3.8) is 0 Å². The molecule has 1 atom stereocenters. The maximum absolute atomic E-state index is 12.6. The summed E-state index contributed by atoms with van der Waals surface area (Å²) in [5, 5.41) is 6.00. The zero-order valence-corrected chi connectivity index (χ0v) is 15.7. The van der Waals surface area contributed by atoms with Gasteiger partial charge in [-0.25, -0.2) is 9.97 Å². The van der Waals surface area contributed by atoms with E-state index in [1.54, 1.807) is 6.92 Å². The number of aromatic nitrogens is 2. The molecule has 0 saturated carbocycles. The third kappa shape index (κ3) is 4.08. The molecule has 3 rings (SSSR count). The predicted molar refractivity (Wildman–Crippen MR) is 95.4 cm³/mol. The van der Waals surface area contributed by atoms with Crippen molar-refractivity contribution in [3.8, 4) is 0 Å². The van der Waals surface area contributed by atoms with Crippen molar-refractivity contribution in [1.29, 1.82) is 0 Å². The first-order valence-corrected chi connectivity index (χ1v) is 9.39. The van der Waals surface area contributed by atoms with E-state index in [-0.39, 0.29) is 6.54 Å². The minimum Gasteiger partial charge on any atom is -0.358 e. The Hall–Kier alpha value is -1.90. The zero-order valence-electron chi connectivity index (χ0n) is 14.9. The average Bonchev–Trinajstić information content (AvgIpc) is 3.03. The Balaban J connectivity index is 1.87. The summed E-state index contributed by atoms with van der Waals surface area (Å²) in [5.41, 5.74) is 1.10. The average molecular weight is 386 g/mol. The molecule has 0 spiro atoms. The molecule has 1 aliphatic heterocycles. The smallest absolute Gasteiger partial charge is 0.358 e. The van der Waals surface area contributed by atoms with E-state index in [1.807, 2.05) is 5.38 Å². The monoisotopic (exact) mass is 386 g/mol. The standard InChI is InChI=1S/C17H21F3N4OS/c1-9(2)6-11-7-26-15-13(11)14(21-10(3)22-15)23-12-4-5-24(16(12)25)8-17(18,19)20/h7,9,12H,4-6,8H2,1-3H3,(H,21,22,23). The van der Waals surface area contributed by atoms with Crippen LogP contribution in [0.4, 0.5) is 19.0 Å². The van der Waals surface area contributed by atoms with Gasteiger partial charge < -0.3 is 10.2 Å². The lowest BCUT2D eigenvalue weighted by Crippen LogP contribution is -2.39. The van der Waals surface area contributed by atoms with Crippen molar-refractivity contribution in [2.45, 2.75) is 45.8 Å². The maximum atomic E-state index is 12.6. The second kappa shape index (κ2) is 7.02. The van der Waals surface area contributed by atoms with Crippen molar-refractivity contribution in [2.75, 3.05) is 18.4 Å². The summed E-state index contributed by atoms with van der Waals surface area (Å²) in [6.45, 7) is 4.87. The number of halogens is 3. The Morgan fingerprint density at radius 2 is 2.12 bits per heavy atom. The van der Waals surface area contributed by atoms with E-state index in [2.05, 4.69) is 29.1 Å². The van der Waals surface area contributed by atoms with E-state index in [1.165, 1.54) is 11.3 Å². The van der Waals surface area contributed by atoms with Gasteiger partial charge in [0.25, 0.3) is 0 Å². The number of carbonyl (C=O) groups is 1. The number of carbonyl (C=O) groups excluding carboxylic acids is 1. The summed E-state index contributed by atoms with van der Waals surface area (Å²) < 4.78 is 37.8. The SMILES string of the molecule is Cc1nc(NC2CCN(CC(F)(F)F)C2=O)c2c(CC(C)C)csc2n1. The second-order valence-electron chi connectivity index (χ2n) is 7.02. The molecule has 0 bridgehead atoms. The molecule has 3 heterocycles. The highest BCUT2D eigenvalue weighted by molar-refractivity contribution is 7.17. The summed E-state index contributed by atoms with van der Waals surface area (Å²) in [6.07, 6.45) is -3.22. The summed E-state index contributed by atoms with van der Waals surface area (Å²) in [6, 6.07) is -0.693. The number of fused-ring (bicyclic) bond motifs is 1. The summed E-state index contributed by atoms with van der Waals surface area (Å²) >= 11 is 1.52. The van der Waals surface area contributed by atoms with Crippen molar-refractivity contribution in [2.24, 2.45) is 5.92 Å². The number of likely N-dealkylation sites (tertiary alicyclic amines) is 1. The summed E-state index contributed by atoms with van der Waals surface area (Å²) in [4.78, 5) is 22.9. The first-order chi connectivity index (χ1) is 12.1. The number of alkyl halides is 3. The van der Waals surface area contributed by atoms with E-state index in [9.17, 15) is 18.0 Å². The van der Waals surface area contributed by atoms with Gasteiger partial charge in [-0.15, -0.1) is 11.3 Å². The molecular formula is C17H21F3N4OS. The highest BCUT2D eigenvalue weighted by Crippen LogP contribution is 2.33. The van der Waals surface area contributed by atoms with Gasteiger partial charge in [-0.3, -0.25) is 4.79 Å². The normalized spacial score (nSPS) is 18.3. The van der Waals surface area contributed by atoms with E-state index in [0.717, 1.165) is 27.1 Å². The van der Waals surface area contributed by atoms with Crippen LogP contribution in [-0.4, -0.2) is 46.1 Å². The van der Waals surface area contributed by atoms with Crippen LogP contribution in [0.3, 0.4) is 0 Å². The van der Waals surface area contributed by atoms with Crippen LogP contribution in [0.25, 0.3) is 10.2 Å². The molecule has 142 valence electrons. The Labute approximate surface area is 153 Å². The first kappa shape index (κ1) is 18.9. The molecule has 1 N–H and O–H groups in total. The number of aryl methyl sites for hydroxylation is 1. The van der Waals surface area contributed by atoms with Crippen molar-refractivity contribution in [1.82, 2.24) is 14.9 Å². The fourth-order valence-corrected chi connectivity index (χ4v) is 4.21. The number of nitrogens with zero attached hydrogens (tertiary/aromatic N) is 3. The Kier molecular flexibility index (Phi) is 5.09. The minimum atomic E-state index is -4.39. The Morgan fingerprint density at radius 1 is 1.38 bits per heavy atom. The number of nitrogens with one attached hydrogen (secondary N) is 1. The molecule has 9 heteroatoms. The van der Waals surface area contributed by atoms with Crippen LogP contribution in [0.15, 0.2) is 5.38 Å². The fourth-order valence-electron chi connectivity index (χ4n) is 3.21. The van der Waals surface area contributed by atoms with Gasteiger partial charge in [-0.05, 0) is 36.6 Å². The van der Waals surface area contributed by atoms with Crippen LogP contribution in [0, 0.1) is 12.8 Å². The molecule has 1 unspecified atom stereocenters. The van der Waals surface area contributed by atoms with Crippen LogP contribution in [-0.2, 0) is 11.2 Å². The number of amides is 1. The van der Waals surface area contributed by atoms with Gasteiger partial charge in [0, 0.05) is 6.54 Å². The third-order valence-electron chi connectivity index (χ3n) is 4.23. The number of thiophene rings is 1. The van der Waals surface area contributed by atoms with Crippen molar-refractivity contribution in [3.05, 3.63) is 16.8 Å². The van der Waals surface area contributed by atoms with Crippen LogP contribution in [0.2, 0.25) is 0 Å². The highest BCUT2D eigenvalue weighted by Gasteiger charge is 2.39. The second-order valence-corrected chi connectivity index (χ2v) is 7.88. The molecule has 2 aromatic rings. The molecule has 0 aromatic carbocycles. The third-order valence-corrected chi connectivity index (χ3v) is 5.15. The fraction of sp³-hybridized carbons (Fsp3) is 0.588. The molecule has 0 aliphatic carbocycles. The van der Waals surface area contributed by atoms with E-state index < -0.39 is 24.7 Å². The van der Waals surface area contributed by atoms with Crippen LogP contribution < -0.4 is 5.32 Å². The number of hydrogen-bond acceptors (Lipinski definition) is 5. The highest BCUT2D eigenvalue weighted by atomic mass is 32.1. The molecule has 1 amide bonds. The van der Waals surface area contributed by atoms with Crippen LogP contribution >= 0.6 is 11.3 Å². The molecule has 1 saturated heterocycles. The molecule has 26 heavy (non-hydrogen) atoms. The van der Waals surface area contributed by atoms with Crippen LogP contribution in [0.5, 0.6) is 0 Å². The molecule has 1 fully saturated rings. The minimum absolute atomic E-state index is 0.0890. The van der Waals surface area contributed by atoms with E-state index >= 15 is 0 Å². The zero-order chi connectivity index (χ0) is 19.1. The maximum Gasteiger partial charge on any atom is 0.406 e. The number of anilines is 1. The van der Waals surface area contributed by atoms with E-state index in [0.29, 0.717) is 24.0 Å². The summed E-state index contributed by atoms with van der Waals surface area (Å²) in [7, 11) is 0. The lowest BCUT2D eigenvalue weighted by molar-refractivity contribution is -0.157. The summed E-state index contributed by atoms with van der Waals surface area (Å²) in [5.74, 6) is 1.01. The largest absolute Gasteiger partial charge is 0.406 e. The number of hydrogen-bond donors (Lipinski definition) is 1. The van der Waals surface area contributed by atoms with Gasteiger partial charge >= 0.3 is 6.18 Å². The van der Waals surface area contributed by atoms with Crippen molar-refractivity contribution >= 4 is 33.3 Å². The lowest BCUT2D eigenvalue weighted by Gasteiger charge is -2.19. The van der Waals surface area contributed by atoms with Crippen LogP contribution in [0.1, 0.15) is 31.7 Å². The predicted octanol–water partition coefficient (Wildman–Crippen LogP) is 3.77. The van der Waals surface area contributed by atoms with Gasteiger partial charge in [0.2, 0.25) is 5.91 Å². The van der Waals surface area contributed by atoms with E-state index in [4.69, 9.17) is 0 Å². The molecule has 1 aliphatic rings. The topological polar surface area (TPSA) is 58.1 Å². The molecule has 5 nitrogen and oxygen atoms in total. The molecule has 2 aromatic heterocycles. The van der Waals surface area contributed by atoms with Crippen molar-refractivity contribution < 1.29 is 18.0 Å². The van der Waals surface area contributed by atoms with Gasteiger partial charge in [-0.2, -0.15) is 13.2 Å². The molecular weight excluding hydrogens is 365 g/mol. The molecule has 0 radical (unpaired) electrons. The Bertz CT molecular complexity index is 818.